The van der Waals surface area contributed by atoms with Crippen LogP contribution in [-0.2, 0) is 4.79 Å². The van der Waals surface area contributed by atoms with Crippen molar-refractivity contribution in [1.29, 1.82) is 0 Å². The maximum atomic E-state index is 13.3. The number of nitrogens with zero attached hydrogens (tertiary/aromatic N) is 2. The number of rotatable bonds is 4. The molecule has 5 nitrogen and oxygen atoms in total. The van der Waals surface area contributed by atoms with Gasteiger partial charge in [0.2, 0.25) is 0 Å². The van der Waals surface area contributed by atoms with Crippen LogP contribution in [0.15, 0.2) is 54.6 Å². The molecule has 0 spiro atoms. The Morgan fingerprint density at radius 3 is 2.00 bits per heavy atom. The van der Waals surface area contributed by atoms with Crippen molar-refractivity contribution >= 4 is 29.3 Å². The summed E-state index contributed by atoms with van der Waals surface area (Å²) >= 11 is 5.92. The van der Waals surface area contributed by atoms with Crippen LogP contribution in [0.4, 0.5) is 10.5 Å². The Bertz CT molecular complexity index is 770. The van der Waals surface area contributed by atoms with Crippen LogP contribution in [0.3, 0.4) is 0 Å². The lowest BCUT2D eigenvalue weighted by Crippen LogP contribution is -2.52. The Labute approximate surface area is 158 Å². The van der Waals surface area contributed by atoms with Gasteiger partial charge in [0.25, 0.3) is 5.91 Å². The molecule has 0 aliphatic heterocycles. The fourth-order valence-electron chi connectivity index (χ4n) is 2.80. The van der Waals surface area contributed by atoms with Crippen LogP contribution in [0.25, 0.3) is 0 Å². The monoisotopic (exact) mass is 374 g/mol. The summed E-state index contributed by atoms with van der Waals surface area (Å²) in [6.07, 6.45) is -1.15. The Balaban J connectivity index is 2.51. The number of hydrogen-bond acceptors (Lipinski definition) is 2. The van der Waals surface area contributed by atoms with E-state index in [-0.39, 0.29) is 5.91 Å². The van der Waals surface area contributed by atoms with Crippen LogP contribution < -0.4 is 4.90 Å². The molecular formula is C20H23ClN2O3. The number of likely N-dealkylation sites (N-methyl/N-ethyl adjacent to an activating group) is 1. The topological polar surface area (TPSA) is 60.9 Å². The number of anilines is 1. The van der Waals surface area contributed by atoms with Gasteiger partial charge in [-0.2, -0.15) is 0 Å². The van der Waals surface area contributed by atoms with E-state index in [2.05, 4.69) is 0 Å². The van der Waals surface area contributed by atoms with Crippen LogP contribution >= 0.6 is 11.6 Å². The first-order chi connectivity index (χ1) is 12.1. The fourth-order valence-corrected chi connectivity index (χ4v) is 2.92. The lowest BCUT2D eigenvalue weighted by Gasteiger charge is -2.40. The van der Waals surface area contributed by atoms with Crippen LogP contribution in [0.2, 0.25) is 5.02 Å². The zero-order valence-corrected chi connectivity index (χ0v) is 16.1. The van der Waals surface area contributed by atoms with E-state index in [1.807, 2.05) is 6.07 Å². The van der Waals surface area contributed by atoms with Gasteiger partial charge in [0.1, 0.15) is 6.04 Å². The molecule has 26 heavy (non-hydrogen) atoms. The number of carboxylic acid groups (broad SMARTS) is 1. The number of hydrogen-bond donors (Lipinski definition) is 1. The summed E-state index contributed by atoms with van der Waals surface area (Å²) < 4.78 is 0. The third kappa shape index (κ3) is 4.35. The lowest BCUT2D eigenvalue weighted by atomic mass is 9.97. The molecule has 0 bridgehead atoms. The lowest BCUT2D eigenvalue weighted by molar-refractivity contribution is -0.125. The van der Waals surface area contributed by atoms with Gasteiger partial charge >= 0.3 is 6.09 Å². The molecule has 0 fully saturated rings. The van der Waals surface area contributed by atoms with Gasteiger partial charge in [0.15, 0.2) is 0 Å². The van der Waals surface area contributed by atoms with Gasteiger partial charge in [-0.05, 0) is 50.6 Å². The van der Waals surface area contributed by atoms with Crippen molar-refractivity contribution in [3.8, 4) is 0 Å². The summed E-state index contributed by atoms with van der Waals surface area (Å²) in [6, 6.07) is 14.8. The first-order valence-corrected chi connectivity index (χ1v) is 8.61. The highest BCUT2D eigenvalue weighted by molar-refractivity contribution is 6.30. The Kier molecular flexibility index (Phi) is 5.93. The number of carbonyl (C=O) groups excluding carboxylic acids is 1. The van der Waals surface area contributed by atoms with E-state index in [9.17, 15) is 14.7 Å². The highest BCUT2D eigenvalue weighted by Gasteiger charge is 2.40. The molecule has 1 unspecified atom stereocenters. The molecule has 2 rings (SSSR count). The molecule has 0 saturated heterocycles. The first kappa shape index (κ1) is 19.8. The van der Waals surface area contributed by atoms with E-state index in [0.29, 0.717) is 16.3 Å². The molecule has 0 heterocycles. The van der Waals surface area contributed by atoms with Gasteiger partial charge < -0.3 is 10.0 Å². The van der Waals surface area contributed by atoms with Crippen LogP contribution in [0, 0.1) is 0 Å². The van der Waals surface area contributed by atoms with Crippen molar-refractivity contribution in [1.82, 2.24) is 4.90 Å². The zero-order chi connectivity index (χ0) is 19.5. The largest absolute Gasteiger partial charge is 0.465 e. The third-order valence-corrected chi connectivity index (χ3v) is 4.33. The van der Waals surface area contributed by atoms with E-state index >= 15 is 0 Å². The summed E-state index contributed by atoms with van der Waals surface area (Å²) in [4.78, 5) is 28.0. The maximum absolute atomic E-state index is 13.3. The standard InChI is InChI=1S/C20H23ClN2O3/c1-20(2,3)23(19(25)26)17(14-8-6-5-7-9-14)18(24)22(4)16-12-10-15(21)11-13-16/h5-13,17H,1-4H3,(H,25,26). The van der Waals surface area contributed by atoms with E-state index in [0.717, 1.165) is 0 Å². The van der Waals surface area contributed by atoms with Crippen LogP contribution in [-0.4, -0.2) is 34.6 Å². The quantitative estimate of drug-likeness (QED) is 0.834. The highest BCUT2D eigenvalue weighted by atomic mass is 35.5. The number of benzene rings is 2. The predicted octanol–water partition coefficient (Wildman–Crippen LogP) is 4.82. The summed E-state index contributed by atoms with van der Waals surface area (Å²) in [5.74, 6) is -0.337. The van der Waals surface area contributed by atoms with Crippen molar-refractivity contribution in [3.05, 3.63) is 65.2 Å². The van der Waals surface area contributed by atoms with Gasteiger partial charge in [-0.25, -0.2) is 4.79 Å². The molecule has 0 aliphatic carbocycles. The molecule has 0 aromatic heterocycles. The second-order valence-electron chi connectivity index (χ2n) is 7.01. The van der Waals surface area contributed by atoms with Crippen LogP contribution in [0.5, 0.6) is 0 Å². The van der Waals surface area contributed by atoms with E-state index < -0.39 is 17.7 Å². The first-order valence-electron chi connectivity index (χ1n) is 8.23. The second-order valence-corrected chi connectivity index (χ2v) is 7.45. The molecule has 2 aromatic rings. The average molecular weight is 375 g/mol. The smallest absolute Gasteiger partial charge is 0.408 e. The van der Waals surface area contributed by atoms with Gasteiger partial charge in [0.05, 0.1) is 0 Å². The molecule has 1 N–H and O–H groups in total. The number of halogens is 1. The Morgan fingerprint density at radius 1 is 1.00 bits per heavy atom. The van der Waals surface area contributed by atoms with E-state index in [1.165, 1.54) is 9.80 Å². The molecule has 6 heteroatoms. The van der Waals surface area contributed by atoms with Gasteiger partial charge in [0, 0.05) is 23.3 Å². The summed E-state index contributed by atoms with van der Waals surface area (Å²) in [5, 5.41) is 10.4. The molecule has 1 atom stereocenters. The number of carbonyl (C=O) groups is 2. The van der Waals surface area contributed by atoms with Gasteiger partial charge in [-0.1, -0.05) is 41.9 Å². The molecule has 2 amide bonds. The third-order valence-electron chi connectivity index (χ3n) is 4.08. The normalized spacial score (nSPS) is 12.3. The minimum atomic E-state index is -1.15. The molecule has 138 valence electrons. The summed E-state index contributed by atoms with van der Waals surface area (Å²) in [5.41, 5.74) is 0.498. The van der Waals surface area contributed by atoms with Crippen molar-refractivity contribution in [2.24, 2.45) is 0 Å². The van der Waals surface area contributed by atoms with Crippen molar-refractivity contribution in [2.75, 3.05) is 11.9 Å². The zero-order valence-electron chi connectivity index (χ0n) is 15.3. The maximum Gasteiger partial charge on any atom is 0.408 e. The molecule has 0 aliphatic rings. The second kappa shape index (κ2) is 7.79. The number of amides is 2. The summed E-state index contributed by atoms with van der Waals surface area (Å²) in [6.45, 7) is 5.31. The molecular weight excluding hydrogens is 352 g/mol. The van der Waals surface area contributed by atoms with Crippen LogP contribution in [0.1, 0.15) is 32.4 Å². The van der Waals surface area contributed by atoms with Crippen molar-refractivity contribution in [2.45, 2.75) is 32.4 Å². The van der Waals surface area contributed by atoms with E-state index in [4.69, 9.17) is 11.6 Å². The van der Waals surface area contributed by atoms with E-state index in [1.54, 1.807) is 76.3 Å². The minimum Gasteiger partial charge on any atom is -0.465 e. The highest BCUT2D eigenvalue weighted by Crippen LogP contribution is 2.31. The average Bonchev–Trinajstić information content (AvgIpc) is 2.58. The Hall–Kier alpha value is -2.53. The van der Waals surface area contributed by atoms with Crippen molar-refractivity contribution in [3.63, 3.8) is 0 Å². The van der Waals surface area contributed by atoms with Crippen molar-refractivity contribution < 1.29 is 14.7 Å². The van der Waals surface area contributed by atoms with Gasteiger partial charge in [-0.3, -0.25) is 9.69 Å². The fraction of sp³-hybridized carbons (Fsp3) is 0.300. The minimum absolute atomic E-state index is 0.337. The molecule has 2 aromatic carbocycles. The van der Waals surface area contributed by atoms with Gasteiger partial charge in [-0.15, -0.1) is 0 Å². The predicted molar refractivity (Wildman–Crippen MR) is 104 cm³/mol. The SMILES string of the molecule is CN(C(=O)C(c1ccccc1)N(C(=O)O)C(C)(C)C)c1ccc(Cl)cc1. The molecule has 0 saturated carbocycles. The summed E-state index contributed by atoms with van der Waals surface area (Å²) in [7, 11) is 1.63. The molecule has 0 radical (unpaired) electrons. The Morgan fingerprint density at radius 2 is 1.54 bits per heavy atom.